The first-order valence-electron chi connectivity index (χ1n) is 11.7. The predicted octanol–water partition coefficient (Wildman–Crippen LogP) is 8.87. The fourth-order valence-corrected chi connectivity index (χ4v) is 4.45. The van der Waals surface area contributed by atoms with Crippen LogP contribution < -0.4 is 20.1 Å². The van der Waals surface area contributed by atoms with Crippen LogP contribution in [0.1, 0.15) is 31.8 Å². The van der Waals surface area contributed by atoms with Crippen molar-refractivity contribution in [1.29, 1.82) is 0 Å². The third kappa shape index (κ3) is 7.23. The van der Waals surface area contributed by atoms with Gasteiger partial charge in [0, 0.05) is 10.0 Å². The number of ether oxygens (including phenoxy) is 2. The van der Waals surface area contributed by atoms with Crippen molar-refractivity contribution in [2.24, 2.45) is 0 Å². The van der Waals surface area contributed by atoms with E-state index in [1.165, 1.54) is 0 Å². The van der Waals surface area contributed by atoms with Crippen molar-refractivity contribution in [3.8, 4) is 11.5 Å². The maximum absolute atomic E-state index is 14.6. The van der Waals surface area contributed by atoms with Gasteiger partial charge in [-0.05, 0) is 52.3 Å². The molecule has 0 aromatic heterocycles. The number of para-hydroxylation sites is 1. The number of amides is 2. The van der Waals surface area contributed by atoms with Gasteiger partial charge in [0.05, 0.1) is 35.2 Å². The molecule has 0 unspecified atom stereocenters. The van der Waals surface area contributed by atoms with E-state index in [9.17, 15) is 62.3 Å². The molecule has 0 radical (unpaired) electrons. The SMILES string of the molecule is COc1c(NC(=O)c2ccccc2C(F)(F)F)cccc1C(=O)Nc1c(Br)cc(C(F)(C(F)(F)F)C(F)(F)F)cc1OC(F)F. The molecular formula is C26H15BrF12N2O4. The summed E-state index contributed by atoms with van der Waals surface area (Å²) in [6.45, 7) is -3.89. The van der Waals surface area contributed by atoms with Gasteiger partial charge >= 0.3 is 30.8 Å². The molecule has 45 heavy (non-hydrogen) atoms. The number of methoxy groups -OCH3 is 1. The van der Waals surface area contributed by atoms with E-state index in [1.807, 2.05) is 5.32 Å². The Morgan fingerprint density at radius 3 is 1.87 bits per heavy atom. The van der Waals surface area contributed by atoms with Gasteiger partial charge in [0.15, 0.2) is 11.5 Å². The Morgan fingerprint density at radius 2 is 1.33 bits per heavy atom. The van der Waals surface area contributed by atoms with E-state index in [4.69, 9.17) is 4.74 Å². The molecule has 0 spiro atoms. The number of rotatable bonds is 8. The number of alkyl halides is 12. The Morgan fingerprint density at radius 1 is 0.778 bits per heavy atom. The molecule has 2 N–H and O–H groups in total. The summed E-state index contributed by atoms with van der Waals surface area (Å²) >= 11 is 2.53. The van der Waals surface area contributed by atoms with Gasteiger partial charge in [-0.1, -0.05) is 18.2 Å². The highest BCUT2D eigenvalue weighted by molar-refractivity contribution is 9.10. The van der Waals surface area contributed by atoms with E-state index in [1.54, 1.807) is 0 Å². The molecule has 19 heteroatoms. The summed E-state index contributed by atoms with van der Waals surface area (Å²) in [6, 6.07) is 6.43. The topological polar surface area (TPSA) is 76.7 Å². The summed E-state index contributed by atoms with van der Waals surface area (Å²) < 4.78 is 169. The van der Waals surface area contributed by atoms with Crippen LogP contribution in [-0.2, 0) is 11.8 Å². The maximum atomic E-state index is 14.6. The molecule has 0 aliphatic heterocycles. The molecule has 0 fully saturated rings. The molecule has 3 aromatic rings. The lowest BCUT2D eigenvalue weighted by Crippen LogP contribution is -2.50. The molecule has 0 atom stereocenters. The van der Waals surface area contributed by atoms with E-state index >= 15 is 0 Å². The minimum absolute atomic E-state index is 0.0686. The number of hydrogen-bond acceptors (Lipinski definition) is 4. The third-order valence-electron chi connectivity index (χ3n) is 5.88. The molecule has 0 saturated carbocycles. The monoisotopic (exact) mass is 726 g/mol. The highest BCUT2D eigenvalue weighted by atomic mass is 79.9. The zero-order chi connectivity index (χ0) is 34.1. The smallest absolute Gasteiger partial charge is 0.435 e. The first-order valence-corrected chi connectivity index (χ1v) is 12.5. The molecule has 6 nitrogen and oxygen atoms in total. The van der Waals surface area contributed by atoms with Gasteiger partial charge in [-0.25, -0.2) is 4.39 Å². The second kappa shape index (κ2) is 12.7. The molecule has 3 aromatic carbocycles. The van der Waals surface area contributed by atoms with Crippen LogP contribution in [0.15, 0.2) is 59.1 Å². The number of benzene rings is 3. The maximum Gasteiger partial charge on any atom is 0.435 e. The molecule has 0 saturated heterocycles. The summed E-state index contributed by atoms with van der Waals surface area (Å²) in [7, 11) is 0.955. The van der Waals surface area contributed by atoms with Gasteiger partial charge in [0.2, 0.25) is 0 Å². The first-order chi connectivity index (χ1) is 20.6. The van der Waals surface area contributed by atoms with Crippen molar-refractivity contribution in [2.75, 3.05) is 17.7 Å². The molecule has 0 aliphatic rings. The minimum Gasteiger partial charge on any atom is -0.494 e. The predicted molar refractivity (Wildman–Crippen MR) is 136 cm³/mol. The van der Waals surface area contributed by atoms with Crippen molar-refractivity contribution in [1.82, 2.24) is 0 Å². The summed E-state index contributed by atoms with van der Waals surface area (Å²) in [5, 5.41) is 4.02. The van der Waals surface area contributed by atoms with Crippen molar-refractivity contribution in [3.63, 3.8) is 0 Å². The highest BCUT2D eigenvalue weighted by Crippen LogP contribution is 2.55. The van der Waals surface area contributed by atoms with Crippen molar-refractivity contribution in [3.05, 3.63) is 81.3 Å². The van der Waals surface area contributed by atoms with Crippen LogP contribution in [-0.4, -0.2) is 37.9 Å². The first kappa shape index (κ1) is 35.3. The number of carbonyl (C=O) groups is 2. The Hall–Kier alpha value is -4.16. The average molecular weight is 727 g/mol. The average Bonchev–Trinajstić information content (AvgIpc) is 2.91. The van der Waals surface area contributed by atoms with Crippen LogP contribution in [0, 0.1) is 0 Å². The van der Waals surface area contributed by atoms with Gasteiger partial charge in [-0.2, -0.15) is 48.3 Å². The summed E-state index contributed by atoms with van der Waals surface area (Å²) in [6.07, 6.45) is -18.2. The fourth-order valence-electron chi connectivity index (χ4n) is 3.91. The van der Waals surface area contributed by atoms with Gasteiger partial charge in [0.1, 0.15) is 0 Å². The number of anilines is 2. The van der Waals surface area contributed by atoms with Gasteiger partial charge in [-0.3, -0.25) is 9.59 Å². The lowest BCUT2D eigenvalue weighted by molar-refractivity contribution is -0.348. The molecule has 3 rings (SSSR count). The van der Waals surface area contributed by atoms with Gasteiger partial charge < -0.3 is 20.1 Å². The number of carbonyl (C=O) groups excluding carboxylic acids is 2. The van der Waals surface area contributed by atoms with Crippen molar-refractivity contribution >= 4 is 39.1 Å². The van der Waals surface area contributed by atoms with E-state index < -0.39 is 86.5 Å². The van der Waals surface area contributed by atoms with Crippen LogP contribution in [0.4, 0.5) is 64.1 Å². The summed E-state index contributed by atoms with van der Waals surface area (Å²) in [5.74, 6) is -4.70. The van der Waals surface area contributed by atoms with Gasteiger partial charge in [0.25, 0.3) is 11.8 Å². The second-order valence-electron chi connectivity index (χ2n) is 8.70. The zero-order valence-corrected chi connectivity index (χ0v) is 23.4. The van der Waals surface area contributed by atoms with Crippen molar-refractivity contribution in [2.45, 2.75) is 30.8 Å². The molecule has 244 valence electrons. The largest absolute Gasteiger partial charge is 0.494 e. The molecule has 2 amide bonds. The Labute approximate surface area is 252 Å². The minimum atomic E-state index is -6.61. The van der Waals surface area contributed by atoms with Crippen LogP contribution in [0.5, 0.6) is 11.5 Å². The molecule has 0 heterocycles. The third-order valence-corrected chi connectivity index (χ3v) is 6.50. The normalized spacial score (nSPS) is 12.6. The quantitative estimate of drug-likeness (QED) is 0.228. The fraction of sp³-hybridized carbons (Fsp3) is 0.231. The number of hydrogen-bond donors (Lipinski definition) is 2. The van der Waals surface area contributed by atoms with Crippen LogP contribution >= 0.6 is 15.9 Å². The Kier molecular flexibility index (Phi) is 9.95. The van der Waals surface area contributed by atoms with Crippen LogP contribution in [0.25, 0.3) is 0 Å². The van der Waals surface area contributed by atoms with Crippen LogP contribution in [0.2, 0.25) is 0 Å². The highest BCUT2D eigenvalue weighted by Gasteiger charge is 2.73. The standard InChI is InChI=1S/C26H15BrF12N2O4/c1-44-19-13(6-4-8-16(19)40-20(42)12-5-2-3-7-14(12)24(31,32)33)21(43)41-18-15(27)9-11(10-17(18)45-22(28)29)23(30,25(34,35)36)26(37,38)39/h2-10,22H,1H3,(H,40,42)(H,41,43). The van der Waals surface area contributed by atoms with E-state index in [0.29, 0.717) is 6.07 Å². The summed E-state index contributed by atoms with van der Waals surface area (Å²) in [4.78, 5) is 25.8. The lowest BCUT2D eigenvalue weighted by Gasteiger charge is -2.31. The zero-order valence-electron chi connectivity index (χ0n) is 21.8. The van der Waals surface area contributed by atoms with Crippen LogP contribution in [0.3, 0.4) is 0 Å². The Bertz CT molecular complexity index is 1580. The second-order valence-corrected chi connectivity index (χ2v) is 9.56. The van der Waals surface area contributed by atoms with E-state index in [2.05, 4.69) is 26.0 Å². The molecular weight excluding hydrogens is 712 g/mol. The van der Waals surface area contributed by atoms with E-state index in [0.717, 1.165) is 43.5 Å². The Balaban J connectivity index is 2.06. The molecule has 0 bridgehead atoms. The molecule has 0 aliphatic carbocycles. The van der Waals surface area contributed by atoms with Crippen molar-refractivity contribution < 1.29 is 71.7 Å². The number of halogens is 13. The number of nitrogens with one attached hydrogen (secondary N) is 2. The van der Waals surface area contributed by atoms with E-state index in [-0.39, 0.29) is 17.8 Å². The van der Waals surface area contributed by atoms with Gasteiger partial charge in [-0.15, -0.1) is 0 Å². The summed E-state index contributed by atoms with van der Waals surface area (Å²) in [5.41, 5.74) is -12.3. The lowest BCUT2D eigenvalue weighted by atomic mass is 9.93.